The largest absolute Gasteiger partial charge is 0.0622 e. The van der Waals surface area contributed by atoms with E-state index < -0.39 is 15.8 Å². The fourth-order valence-corrected chi connectivity index (χ4v) is 15.1. The van der Waals surface area contributed by atoms with E-state index in [1.807, 2.05) is 13.0 Å². The second kappa shape index (κ2) is 45.4. The van der Waals surface area contributed by atoms with Gasteiger partial charge in [-0.3, -0.25) is 14.4 Å². The van der Waals surface area contributed by atoms with Crippen LogP contribution in [0.15, 0.2) is 243 Å². The molecule has 0 saturated heterocycles. The molecule has 422 valence electrons. The molecular weight excluding hydrogens is 1320 g/mol. The molecule has 8 aromatic rings. The first-order valence-electron chi connectivity index (χ1n) is 26.6. The number of hydrogen-bond acceptors (Lipinski definition) is 4. The van der Waals surface area contributed by atoms with Gasteiger partial charge in [0.05, 0.1) is 0 Å². The Morgan fingerprint density at radius 1 is 0.519 bits per heavy atom. The zero-order valence-electron chi connectivity index (χ0n) is 46.9. The molecule has 0 aliphatic heterocycles. The van der Waals surface area contributed by atoms with E-state index in [1.54, 1.807) is 32.6 Å². The van der Waals surface area contributed by atoms with Crippen molar-refractivity contribution in [2.24, 2.45) is 14.1 Å². The van der Waals surface area contributed by atoms with E-state index >= 15 is 0 Å². The van der Waals surface area contributed by atoms with E-state index in [-0.39, 0.29) is 54.0 Å². The molecule has 8 rings (SSSR count). The quantitative estimate of drug-likeness (QED) is 0.0282. The van der Waals surface area contributed by atoms with Gasteiger partial charge >= 0.3 is 109 Å². The van der Waals surface area contributed by atoms with Crippen molar-refractivity contribution < 1.29 is 25.5 Å². The summed E-state index contributed by atoms with van der Waals surface area (Å²) in [5.41, 5.74) is 0.315. The van der Waals surface area contributed by atoms with Gasteiger partial charge in [-0.15, -0.1) is 0 Å². The van der Waals surface area contributed by atoms with Gasteiger partial charge < -0.3 is 9.13 Å². The van der Waals surface area contributed by atoms with Crippen molar-refractivity contribution in [1.82, 2.24) is 9.13 Å². The summed E-state index contributed by atoms with van der Waals surface area (Å²) in [6, 6.07) is 71.0. The Morgan fingerprint density at radius 2 is 0.823 bits per heavy atom. The summed E-state index contributed by atoms with van der Waals surface area (Å²) in [5, 5.41) is 8.39. The van der Waals surface area contributed by atoms with Crippen molar-refractivity contribution in [3.63, 3.8) is 0 Å². The predicted molar refractivity (Wildman–Crippen MR) is 348 cm³/mol. The summed E-state index contributed by atoms with van der Waals surface area (Å²) in [6.45, 7) is 14.9. The van der Waals surface area contributed by atoms with E-state index in [0.29, 0.717) is 5.56 Å². The number of aromatic nitrogens is 2. The van der Waals surface area contributed by atoms with Gasteiger partial charge in [0.25, 0.3) is 11.1 Å². The Morgan fingerprint density at radius 3 is 1.08 bits per heavy atom. The fraction of sp³-hybridized carbons (Fsp3) is 0.258. The number of benzene rings is 6. The molecule has 0 amide bonds. The minimum Gasteiger partial charge on any atom is -0.0622 e. The molecule has 13 heteroatoms. The smallest absolute Gasteiger partial charge is 0.0134 e. The van der Waals surface area contributed by atoms with Crippen LogP contribution in [0.25, 0.3) is 0 Å². The summed E-state index contributed by atoms with van der Waals surface area (Å²) in [6.07, 6.45) is 14.5. The van der Waals surface area contributed by atoms with Crippen molar-refractivity contribution in [2.75, 3.05) is 6.61 Å². The summed E-state index contributed by atoms with van der Waals surface area (Å²) in [5.74, 6) is -0.0808. The monoisotopic (exact) mass is 1400 g/mol. The number of carbonyl (C=O) groups is 1. The molecule has 0 bridgehead atoms. The number of carbonyl (C=O) groups excluding carboxylic acids is 1. The molecule has 2 heterocycles. The molecule has 0 aliphatic rings. The molecule has 0 aliphatic carbocycles. The summed E-state index contributed by atoms with van der Waals surface area (Å²) in [4.78, 5) is 32.5. The number of Topliss-reactive ketones (excluding diaryl/α,β-unsaturated/α-hetero) is 1. The molecule has 0 spiro atoms. The number of hydrogen-bond donors (Lipinski definition) is 0. The van der Waals surface area contributed by atoms with Crippen molar-refractivity contribution in [1.29, 1.82) is 0 Å². The van der Waals surface area contributed by atoms with Crippen LogP contribution in [-0.4, -0.2) is 42.7 Å². The van der Waals surface area contributed by atoms with Gasteiger partial charge in [0, 0.05) is 48.7 Å². The number of halogens is 3. The van der Waals surface area contributed by atoms with Crippen LogP contribution in [-0.2, 0) is 34.8 Å². The molecular formula is C66H79BrCl2N2O4P2PdSn. The molecule has 0 N–H and O–H groups in total. The number of unbranched alkanes of at least 4 members (excludes halogenated alkanes) is 6. The third-order valence-electron chi connectivity index (χ3n) is 11.3. The molecule has 0 fully saturated rings. The average molecular weight is 1400 g/mol. The molecule has 2 radical (unpaired) electrons. The number of nitrogens with zero attached hydrogens (tertiary/aromatic N) is 2. The van der Waals surface area contributed by atoms with E-state index in [4.69, 9.17) is 23.8 Å². The van der Waals surface area contributed by atoms with Crippen LogP contribution < -0.4 is 42.9 Å². The molecule has 6 aromatic carbocycles. The standard InChI is InChI=1S/2C18H15P.C8H9NO2.C8H18.C6H6BrNO.C4H7O.C4H9.2ClH.Pd.Sn/c2*1-4-10-16(11-5-1)19(17-12-6-2-7-13-17)18-14-8-3-9-15-18;1-6(10)7-3-4-9(2)8(11)5-7;1-3-5-7-8-6-4-2;1-8-3-2-5(7)4-6(8)9;1-3-5-4-2;1-3-4-2;;;;/h2*1-15H;3-5H,1-2H3;3-8H2,1-2H3;2-4H,1H3;1,4H2,2H3;1,3-4H2,2H3;2*1H;;/q;;;;;;;;;+2;/p-2. The van der Waals surface area contributed by atoms with E-state index in [9.17, 15) is 14.4 Å². The predicted octanol–water partition coefficient (Wildman–Crippen LogP) is 15.8. The normalized spacial score (nSPS) is 9.97. The van der Waals surface area contributed by atoms with Crippen molar-refractivity contribution in [2.45, 2.75) is 90.4 Å². The molecule has 0 saturated carbocycles. The number of rotatable bonds is 18. The molecule has 79 heavy (non-hydrogen) atoms. The Labute approximate surface area is 510 Å². The average Bonchev–Trinajstić information content (AvgIpc) is 3.49. The fourth-order valence-electron chi connectivity index (χ4n) is 7.13. The molecule has 0 atom stereocenters. The minimum atomic E-state index is -0.446. The summed E-state index contributed by atoms with van der Waals surface area (Å²) >= 11 is 2.72. The van der Waals surface area contributed by atoms with Gasteiger partial charge in [-0.05, 0) is 66.7 Å². The van der Waals surface area contributed by atoms with Crippen LogP contribution in [0.1, 0.15) is 96.3 Å². The summed E-state index contributed by atoms with van der Waals surface area (Å²) in [7, 11) is 12.1. The maximum Gasteiger partial charge on any atom is -0.0134 e. The first-order valence-corrected chi connectivity index (χ1v) is 37.6. The topological polar surface area (TPSA) is 70.3 Å². The SMILES string of the molecule is C=[C](OCC)[Sn][CH2]CCC.CC(=O)c1ccn(C)c(=O)c1.CCCCCCCC.Cn1ccc(Br)cc1=O.[Cl][Pd][Cl].c1ccc(P(c2ccccc2)c2ccccc2)cc1.c1ccc(P(c2ccccc2)c2ccccc2)cc1. The number of ether oxygens (including phenoxy) is 1. The Bertz CT molecular complexity index is 2620. The van der Waals surface area contributed by atoms with Gasteiger partial charge in [0.15, 0.2) is 5.78 Å². The number of ketones is 1. The van der Waals surface area contributed by atoms with Crippen LogP contribution >= 0.6 is 50.8 Å². The van der Waals surface area contributed by atoms with Gasteiger partial charge in [0.2, 0.25) is 0 Å². The van der Waals surface area contributed by atoms with Gasteiger partial charge in [-0.2, -0.15) is 0 Å². The third-order valence-corrected chi connectivity index (χ3v) is 19.9. The first-order chi connectivity index (χ1) is 38.3. The second-order valence-corrected chi connectivity index (χ2v) is 29.2. The van der Waals surface area contributed by atoms with Crippen LogP contribution in [0.4, 0.5) is 0 Å². The minimum absolute atomic E-state index is 0.00405. The molecule has 0 unspecified atom stereocenters. The number of pyridine rings is 2. The van der Waals surface area contributed by atoms with Crippen molar-refractivity contribution >= 4 is 110 Å². The van der Waals surface area contributed by atoms with Gasteiger partial charge in [0.1, 0.15) is 0 Å². The van der Waals surface area contributed by atoms with Crippen molar-refractivity contribution in [3.05, 3.63) is 260 Å². The zero-order valence-corrected chi connectivity index (χ0v) is 56.2. The third kappa shape index (κ3) is 31.0. The van der Waals surface area contributed by atoms with E-state index in [0.717, 1.165) is 14.9 Å². The summed E-state index contributed by atoms with van der Waals surface area (Å²) < 4.78 is 11.5. The maximum absolute atomic E-state index is 11.0. The van der Waals surface area contributed by atoms with Gasteiger partial charge in [-0.25, -0.2) is 0 Å². The Hall–Kier alpha value is -4.19. The van der Waals surface area contributed by atoms with Crippen LogP contribution in [0.3, 0.4) is 0 Å². The number of aryl methyl sites for hydroxylation is 2. The Balaban J connectivity index is 0.000000332. The maximum atomic E-state index is 11.0. The van der Waals surface area contributed by atoms with Crippen LogP contribution in [0.2, 0.25) is 4.44 Å². The first kappa shape index (κ1) is 70.9. The van der Waals surface area contributed by atoms with Crippen LogP contribution in [0, 0.1) is 0 Å². The van der Waals surface area contributed by atoms with Gasteiger partial charge in [-0.1, -0.05) is 250 Å². The van der Waals surface area contributed by atoms with E-state index in [2.05, 4.69) is 225 Å². The van der Waals surface area contributed by atoms with Crippen LogP contribution in [0.5, 0.6) is 0 Å². The zero-order chi connectivity index (χ0) is 57.9. The molecule has 2 aromatic heterocycles. The molecule has 6 nitrogen and oxygen atoms in total. The second-order valence-electron chi connectivity index (χ2n) is 17.5. The van der Waals surface area contributed by atoms with E-state index in [1.165, 1.54) is 116 Å². The van der Waals surface area contributed by atoms with Crippen molar-refractivity contribution in [3.8, 4) is 0 Å². The Kier molecular flexibility index (Phi) is 40.8.